The van der Waals surface area contributed by atoms with Crippen molar-refractivity contribution in [2.45, 2.75) is 20.8 Å². The minimum atomic E-state index is 0.256. The molecule has 1 unspecified atom stereocenters. The summed E-state index contributed by atoms with van der Waals surface area (Å²) in [6, 6.07) is 0. The van der Waals surface area contributed by atoms with Crippen LogP contribution in [-0.4, -0.2) is 26.3 Å². The van der Waals surface area contributed by atoms with Crippen LogP contribution in [0.15, 0.2) is 20.1 Å². The summed E-state index contributed by atoms with van der Waals surface area (Å²) in [5.41, 5.74) is 1.38. The second kappa shape index (κ2) is 8.25. The molecule has 0 amide bonds. The van der Waals surface area contributed by atoms with Crippen molar-refractivity contribution in [2.24, 2.45) is 0 Å². The van der Waals surface area contributed by atoms with Gasteiger partial charge < -0.3 is 0 Å². The molecule has 0 spiro atoms. The molecule has 0 aromatic heterocycles. The predicted octanol–water partition coefficient (Wildman–Crippen LogP) is 6.39. The van der Waals surface area contributed by atoms with Gasteiger partial charge in [-0.1, -0.05) is 41.5 Å². The third-order valence-corrected chi connectivity index (χ3v) is 12.7. The Morgan fingerprint density at radius 2 is 1.89 bits per heavy atom. The van der Waals surface area contributed by atoms with E-state index in [0.717, 1.165) is 21.5 Å². The molecule has 0 radical (unpaired) electrons. The van der Waals surface area contributed by atoms with Crippen molar-refractivity contribution in [1.82, 2.24) is 0 Å². The fraction of sp³-hybridized carbons (Fsp3) is 0.500. The van der Waals surface area contributed by atoms with Crippen LogP contribution in [0.25, 0.3) is 0 Å². The van der Waals surface area contributed by atoms with Crippen LogP contribution in [0.2, 0.25) is 0 Å². The van der Waals surface area contributed by atoms with E-state index in [1.165, 1.54) is 18.9 Å². The quantitative estimate of drug-likeness (QED) is 0.381. The fourth-order valence-electron chi connectivity index (χ4n) is 1.55. The van der Waals surface area contributed by atoms with Crippen LogP contribution in [0.1, 0.15) is 20.8 Å². The first-order valence-electron chi connectivity index (χ1n) is 6.08. The van der Waals surface area contributed by atoms with E-state index in [4.69, 9.17) is 12.2 Å². The summed E-state index contributed by atoms with van der Waals surface area (Å²) >= 11 is 11.4. The Morgan fingerprint density at radius 1 is 1.16 bits per heavy atom. The Bertz CT molecular complexity index is 472. The zero-order valence-corrected chi connectivity index (χ0v) is 16.8. The van der Waals surface area contributed by atoms with Gasteiger partial charge in [0.05, 0.1) is 12.7 Å². The molecule has 19 heavy (non-hydrogen) atoms. The van der Waals surface area contributed by atoms with E-state index in [0.29, 0.717) is 0 Å². The molecule has 0 aliphatic carbocycles. The summed E-state index contributed by atoms with van der Waals surface area (Å²) in [5.74, 6) is 3.34. The van der Waals surface area contributed by atoms with Gasteiger partial charge in [0.1, 0.15) is 0 Å². The first-order chi connectivity index (χ1) is 9.21. The lowest BCUT2D eigenvalue weighted by molar-refractivity contribution is 1.53. The highest BCUT2D eigenvalue weighted by Gasteiger charge is 2.31. The van der Waals surface area contributed by atoms with Gasteiger partial charge in [-0.2, -0.15) is 0 Å². The lowest BCUT2D eigenvalue weighted by Crippen LogP contribution is -2.04. The Labute approximate surface area is 143 Å². The lowest BCUT2D eigenvalue weighted by atomic mass is 10.2. The van der Waals surface area contributed by atoms with Crippen molar-refractivity contribution >= 4 is 86.7 Å². The average molecular weight is 385 g/mol. The maximum Gasteiger partial charge on any atom is 0.0806 e. The molecule has 0 aromatic rings. The van der Waals surface area contributed by atoms with E-state index in [2.05, 4.69) is 26.8 Å². The van der Waals surface area contributed by atoms with Crippen LogP contribution in [-0.2, 0) is 0 Å². The minimum absolute atomic E-state index is 0.256. The molecule has 0 N–H and O–H groups in total. The zero-order chi connectivity index (χ0) is 13.8. The molecule has 2 aliphatic heterocycles. The summed E-state index contributed by atoms with van der Waals surface area (Å²) < 4.78 is 4.02. The van der Waals surface area contributed by atoms with Crippen molar-refractivity contribution in [3.05, 3.63) is 20.1 Å². The smallest absolute Gasteiger partial charge is 0.0806 e. The summed E-state index contributed by atoms with van der Waals surface area (Å²) in [4.78, 5) is 1.49. The third kappa shape index (κ3) is 4.05. The molecule has 7 heteroatoms. The summed E-state index contributed by atoms with van der Waals surface area (Å²) in [5, 5.41) is 0. The third-order valence-electron chi connectivity index (χ3n) is 2.23. The normalized spacial score (nSPS) is 21.9. The van der Waals surface area contributed by atoms with Gasteiger partial charge in [-0.05, 0) is 44.9 Å². The molecule has 2 heterocycles. The van der Waals surface area contributed by atoms with Crippen molar-refractivity contribution in [3.8, 4) is 0 Å². The number of thiocarbonyl (C=S) groups is 1. The molecule has 1 atom stereocenters. The maximum absolute atomic E-state index is 5.65. The molecule has 106 valence electrons. The van der Waals surface area contributed by atoms with Gasteiger partial charge in [0, 0.05) is 10.4 Å². The van der Waals surface area contributed by atoms with Gasteiger partial charge in [0.15, 0.2) is 0 Å². The van der Waals surface area contributed by atoms with E-state index in [9.17, 15) is 0 Å². The van der Waals surface area contributed by atoms with Crippen LogP contribution in [0, 0.1) is 0 Å². The van der Waals surface area contributed by atoms with Crippen LogP contribution in [0.5, 0.6) is 0 Å². The molecule has 0 saturated heterocycles. The number of hydrogen-bond donors (Lipinski definition) is 0. The molecule has 0 saturated carbocycles. The highest BCUT2D eigenvalue weighted by molar-refractivity contribution is 9.18. The fourth-order valence-corrected chi connectivity index (χ4v) is 14.3. The standard InChI is InChI=1S/C12H16S7/c1-4-14-9-7-8-10(11(13)15-5-2)12(16-6-3)18-19(8)17-9/h7H,4-6H2,1-3H3. The van der Waals surface area contributed by atoms with Crippen molar-refractivity contribution < 1.29 is 0 Å². The monoisotopic (exact) mass is 384 g/mol. The van der Waals surface area contributed by atoms with E-state index >= 15 is 0 Å². The highest BCUT2D eigenvalue weighted by Crippen LogP contribution is 2.65. The largest absolute Gasteiger partial charge is 0.119 e. The topological polar surface area (TPSA) is 0 Å². The predicted molar refractivity (Wildman–Crippen MR) is 110 cm³/mol. The number of hydrogen-bond acceptors (Lipinski definition) is 6. The summed E-state index contributed by atoms with van der Waals surface area (Å²) in [7, 11) is 4.31. The van der Waals surface area contributed by atoms with Crippen LogP contribution >= 0.6 is 77.6 Å². The van der Waals surface area contributed by atoms with E-state index < -0.39 is 0 Å². The zero-order valence-electron chi connectivity index (χ0n) is 11.1. The summed E-state index contributed by atoms with van der Waals surface area (Å²) in [6.45, 7) is 6.61. The van der Waals surface area contributed by atoms with E-state index in [1.54, 1.807) is 11.8 Å². The SMILES string of the molecule is CCSC(=S)C1=C(SCC)SS2=C1C=C(SCC)S2. The Balaban J connectivity index is 2.25. The lowest BCUT2D eigenvalue weighted by Gasteiger charge is -2.08. The first-order valence-corrected chi connectivity index (χ1v) is 13.3. The van der Waals surface area contributed by atoms with Crippen molar-refractivity contribution in [3.63, 3.8) is 0 Å². The summed E-state index contributed by atoms with van der Waals surface area (Å²) in [6.07, 6.45) is 2.38. The average Bonchev–Trinajstić information content (AvgIpc) is 2.86. The molecule has 2 rings (SSSR count). The van der Waals surface area contributed by atoms with Gasteiger partial charge in [0.25, 0.3) is 0 Å². The number of thioether (sulfide) groups is 3. The van der Waals surface area contributed by atoms with Gasteiger partial charge in [-0.3, -0.25) is 0 Å². The molecular weight excluding hydrogens is 369 g/mol. The van der Waals surface area contributed by atoms with Crippen LogP contribution < -0.4 is 0 Å². The van der Waals surface area contributed by atoms with Gasteiger partial charge in [-0.25, -0.2) is 0 Å². The Morgan fingerprint density at radius 3 is 2.53 bits per heavy atom. The highest BCUT2D eigenvalue weighted by atomic mass is 33.5. The van der Waals surface area contributed by atoms with Gasteiger partial charge in [-0.15, -0.1) is 35.3 Å². The minimum Gasteiger partial charge on any atom is -0.119 e. The van der Waals surface area contributed by atoms with Crippen LogP contribution in [0.3, 0.4) is 0 Å². The molecule has 0 fully saturated rings. The van der Waals surface area contributed by atoms with Crippen LogP contribution in [0.4, 0.5) is 0 Å². The Hall–Kier alpha value is 1.54. The van der Waals surface area contributed by atoms with E-state index in [-0.39, 0.29) is 8.55 Å². The van der Waals surface area contributed by atoms with E-state index in [1.807, 2.05) is 45.1 Å². The molecule has 0 nitrogen and oxygen atoms in total. The number of rotatable bonds is 6. The number of allylic oxidation sites excluding steroid dienone is 1. The molecule has 0 bridgehead atoms. The Kier molecular flexibility index (Phi) is 7.34. The second-order valence-corrected chi connectivity index (χ2v) is 14.2. The van der Waals surface area contributed by atoms with Crippen molar-refractivity contribution in [1.29, 1.82) is 0 Å². The molecular formula is C12H16S7. The molecule has 0 aromatic carbocycles. The maximum atomic E-state index is 5.65. The second-order valence-electron chi connectivity index (χ2n) is 3.48. The molecule has 2 aliphatic rings. The van der Waals surface area contributed by atoms with Gasteiger partial charge in [0.2, 0.25) is 0 Å². The van der Waals surface area contributed by atoms with Crippen molar-refractivity contribution in [2.75, 3.05) is 17.3 Å². The van der Waals surface area contributed by atoms with Gasteiger partial charge >= 0.3 is 0 Å². The first kappa shape index (κ1) is 16.9.